The van der Waals surface area contributed by atoms with E-state index in [2.05, 4.69) is 10.2 Å². The molecule has 1 aliphatic rings. The largest absolute Gasteiger partial charge is 0.481 e. The number of nitrogens with zero attached hydrogens (tertiary/aromatic N) is 2. The standard InChI is InChI=1S/C36H46FN3O4/c1-21(2)13-32(40-20-26(11-12-39(6)7)22(3)16-33(40)41)36(44)38-31(19-34(42)43)27-17-25-9-8-10-29(25)30(18-27)35-23(4)14-28(37)15-24(35)5/h14-18,20-21,31-32H,8-13,19H2,1-7H3,(H,38,44)(H,42,43)/t31-,32-/m0/s1. The zero-order valence-electron chi connectivity index (χ0n) is 27.1. The summed E-state index contributed by atoms with van der Waals surface area (Å²) in [7, 11) is 3.98. The molecule has 3 aromatic rings. The summed E-state index contributed by atoms with van der Waals surface area (Å²) in [5.74, 6) is -1.60. The van der Waals surface area contributed by atoms with E-state index in [0.29, 0.717) is 12.0 Å². The molecule has 0 unspecified atom stereocenters. The molecule has 1 aliphatic carbocycles. The summed E-state index contributed by atoms with van der Waals surface area (Å²) in [6.45, 7) is 10.5. The smallest absolute Gasteiger partial charge is 0.305 e. The van der Waals surface area contributed by atoms with Crippen molar-refractivity contribution in [1.82, 2.24) is 14.8 Å². The molecular weight excluding hydrogens is 557 g/mol. The number of halogens is 1. The van der Waals surface area contributed by atoms with Crippen molar-refractivity contribution in [3.8, 4) is 11.1 Å². The van der Waals surface area contributed by atoms with Crippen molar-refractivity contribution in [3.63, 3.8) is 0 Å². The first-order valence-electron chi connectivity index (χ1n) is 15.6. The topological polar surface area (TPSA) is 91.6 Å². The van der Waals surface area contributed by atoms with Gasteiger partial charge in [0.25, 0.3) is 5.56 Å². The maximum Gasteiger partial charge on any atom is 0.305 e. The van der Waals surface area contributed by atoms with E-state index in [1.807, 2.05) is 60.8 Å². The molecule has 0 saturated heterocycles. The van der Waals surface area contributed by atoms with Crippen LogP contribution in [0.1, 0.15) is 84.1 Å². The number of carbonyl (C=O) groups excluding carboxylic acids is 1. The molecule has 0 spiro atoms. The van der Waals surface area contributed by atoms with Crippen LogP contribution in [0.4, 0.5) is 4.39 Å². The lowest BCUT2D eigenvalue weighted by Crippen LogP contribution is -2.40. The molecule has 44 heavy (non-hydrogen) atoms. The van der Waals surface area contributed by atoms with Crippen molar-refractivity contribution in [2.75, 3.05) is 20.6 Å². The number of fused-ring (bicyclic) bond motifs is 1. The molecule has 2 aromatic carbocycles. The van der Waals surface area contributed by atoms with Crippen LogP contribution in [0.3, 0.4) is 0 Å². The van der Waals surface area contributed by atoms with Crippen LogP contribution in [0.2, 0.25) is 0 Å². The first kappa shape index (κ1) is 33.1. The average molecular weight is 604 g/mol. The quantitative estimate of drug-likeness (QED) is 0.261. The van der Waals surface area contributed by atoms with Crippen LogP contribution in [0.15, 0.2) is 41.3 Å². The van der Waals surface area contributed by atoms with Crippen molar-refractivity contribution in [2.24, 2.45) is 5.92 Å². The van der Waals surface area contributed by atoms with Gasteiger partial charge in [0.15, 0.2) is 0 Å². The average Bonchev–Trinajstić information content (AvgIpc) is 3.39. The predicted octanol–water partition coefficient (Wildman–Crippen LogP) is 6.09. The minimum atomic E-state index is -1.04. The molecule has 1 amide bonds. The Kier molecular flexibility index (Phi) is 10.5. The maximum atomic E-state index is 14.2. The van der Waals surface area contributed by atoms with Gasteiger partial charge >= 0.3 is 5.97 Å². The van der Waals surface area contributed by atoms with Gasteiger partial charge in [-0.3, -0.25) is 14.4 Å². The van der Waals surface area contributed by atoms with Gasteiger partial charge in [0, 0.05) is 18.8 Å². The van der Waals surface area contributed by atoms with E-state index in [-0.39, 0.29) is 29.6 Å². The third kappa shape index (κ3) is 7.65. The molecule has 236 valence electrons. The minimum Gasteiger partial charge on any atom is -0.481 e. The van der Waals surface area contributed by atoms with Crippen LogP contribution in [0.5, 0.6) is 0 Å². The minimum absolute atomic E-state index is 0.109. The number of benzene rings is 2. The van der Waals surface area contributed by atoms with Gasteiger partial charge in [0.1, 0.15) is 11.9 Å². The number of amides is 1. The number of likely N-dealkylation sites (N-methyl/N-ethyl adjacent to an activating group) is 1. The van der Waals surface area contributed by atoms with E-state index in [0.717, 1.165) is 71.2 Å². The fourth-order valence-corrected chi connectivity index (χ4v) is 6.51. The normalized spacial score (nSPS) is 14.1. The summed E-state index contributed by atoms with van der Waals surface area (Å²) in [5, 5.41) is 13.0. The van der Waals surface area contributed by atoms with E-state index >= 15 is 0 Å². The van der Waals surface area contributed by atoms with E-state index < -0.39 is 18.1 Å². The fourth-order valence-electron chi connectivity index (χ4n) is 6.51. The zero-order valence-corrected chi connectivity index (χ0v) is 27.1. The van der Waals surface area contributed by atoms with Crippen LogP contribution < -0.4 is 10.9 Å². The van der Waals surface area contributed by atoms with E-state index in [1.165, 1.54) is 22.3 Å². The second kappa shape index (κ2) is 13.9. The van der Waals surface area contributed by atoms with Crippen LogP contribution in [0, 0.1) is 32.5 Å². The lowest BCUT2D eigenvalue weighted by molar-refractivity contribution is -0.138. The first-order chi connectivity index (χ1) is 20.7. The zero-order chi connectivity index (χ0) is 32.3. The van der Waals surface area contributed by atoms with Crippen molar-refractivity contribution >= 4 is 11.9 Å². The molecule has 0 aliphatic heterocycles. The third-order valence-corrected chi connectivity index (χ3v) is 8.66. The van der Waals surface area contributed by atoms with Crippen LogP contribution >= 0.6 is 0 Å². The molecule has 2 N–H and O–H groups in total. The van der Waals surface area contributed by atoms with E-state index in [4.69, 9.17) is 0 Å². The Hall–Kier alpha value is -3.78. The number of aliphatic carboxylic acids is 1. The summed E-state index contributed by atoms with van der Waals surface area (Å²) in [6.07, 6.45) is 5.37. The second-order valence-electron chi connectivity index (χ2n) is 13.1. The summed E-state index contributed by atoms with van der Waals surface area (Å²) < 4.78 is 15.7. The monoisotopic (exact) mass is 603 g/mol. The maximum absolute atomic E-state index is 14.2. The Morgan fingerprint density at radius 3 is 2.32 bits per heavy atom. The highest BCUT2D eigenvalue weighted by Gasteiger charge is 2.29. The SMILES string of the molecule is Cc1cc(=O)n([C@@H](CC(C)C)C(=O)N[C@@H](CC(=O)O)c2cc3c(c(-c4c(C)cc(F)cc4C)c2)CCC3)cc1CCN(C)C. The molecule has 7 nitrogen and oxygen atoms in total. The molecule has 2 atom stereocenters. The first-order valence-corrected chi connectivity index (χ1v) is 15.6. The number of hydrogen-bond acceptors (Lipinski definition) is 4. The Labute approximate surface area is 260 Å². The number of carboxylic acids is 1. The number of rotatable bonds is 12. The van der Waals surface area contributed by atoms with E-state index in [9.17, 15) is 23.9 Å². The third-order valence-electron chi connectivity index (χ3n) is 8.66. The number of carboxylic acid groups (broad SMARTS) is 1. The molecule has 8 heteroatoms. The number of carbonyl (C=O) groups is 2. The highest BCUT2D eigenvalue weighted by Crippen LogP contribution is 2.39. The number of nitrogens with one attached hydrogen (secondary N) is 1. The van der Waals surface area contributed by atoms with Gasteiger partial charge in [-0.15, -0.1) is 0 Å². The molecule has 0 bridgehead atoms. The Balaban J connectivity index is 1.77. The summed E-state index contributed by atoms with van der Waals surface area (Å²) in [4.78, 5) is 41.5. The number of aromatic nitrogens is 1. The Morgan fingerprint density at radius 1 is 1.02 bits per heavy atom. The summed E-state index contributed by atoms with van der Waals surface area (Å²) in [6, 6.07) is 7.01. The fraction of sp³-hybridized carbons (Fsp3) is 0.472. The Bertz CT molecular complexity index is 1580. The molecular formula is C36H46FN3O4. The Morgan fingerprint density at radius 2 is 1.70 bits per heavy atom. The molecule has 4 rings (SSSR count). The van der Waals surface area contributed by atoms with Crippen molar-refractivity contribution < 1.29 is 19.1 Å². The summed E-state index contributed by atoms with van der Waals surface area (Å²) in [5.41, 5.74) is 8.19. The predicted molar refractivity (Wildman–Crippen MR) is 173 cm³/mol. The molecule has 0 fully saturated rings. The van der Waals surface area contributed by atoms with Crippen molar-refractivity contribution in [2.45, 2.75) is 85.2 Å². The van der Waals surface area contributed by atoms with Crippen molar-refractivity contribution in [1.29, 1.82) is 0 Å². The van der Waals surface area contributed by atoms with Gasteiger partial charge in [0.2, 0.25) is 5.91 Å². The highest BCUT2D eigenvalue weighted by molar-refractivity contribution is 5.82. The number of hydrogen-bond donors (Lipinski definition) is 2. The number of pyridine rings is 1. The molecule has 0 saturated carbocycles. The molecule has 0 radical (unpaired) electrons. The van der Waals surface area contributed by atoms with Crippen LogP contribution in [0.25, 0.3) is 11.1 Å². The van der Waals surface area contributed by atoms with Crippen LogP contribution in [-0.2, 0) is 28.9 Å². The van der Waals surface area contributed by atoms with Crippen molar-refractivity contribution in [3.05, 3.63) is 91.6 Å². The van der Waals surface area contributed by atoms with Gasteiger partial charge < -0.3 is 19.9 Å². The van der Waals surface area contributed by atoms with Gasteiger partial charge in [-0.05, 0) is 141 Å². The van der Waals surface area contributed by atoms with Gasteiger partial charge in [0.05, 0.1) is 12.5 Å². The van der Waals surface area contributed by atoms with E-state index in [1.54, 1.807) is 12.3 Å². The molecule has 1 heterocycles. The van der Waals surface area contributed by atoms with Gasteiger partial charge in [-0.1, -0.05) is 19.9 Å². The van der Waals surface area contributed by atoms with Gasteiger partial charge in [-0.2, -0.15) is 0 Å². The van der Waals surface area contributed by atoms with Gasteiger partial charge in [-0.25, -0.2) is 4.39 Å². The number of aryl methyl sites for hydroxylation is 4. The molecule has 1 aromatic heterocycles. The lowest BCUT2D eigenvalue weighted by Gasteiger charge is -2.27. The highest BCUT2D eigenvalue weighted by atomic mass is 19.1. The van der Waals surface area contributed by atoms with Crippen LogP contribution in [-0.4, -0.2) is 47.1 Å². The second-order valence-corrected chi connectivity index (χ2v) is 13.1. The lowest BCUT2D eigenvalue weighted by atomic mass is 9.87. The summed E-state index contributed by atoms with van der Waals surface area (Å²) >= 11 is 0.